The van der Waals surface area contributed by atoms with E-state index in [4.69, 9.17) is 10.8 Å². The Labute approximate surface area is 107 Å². The lowest BCUT2D eigenvalue weighted by molar-refractivity contribution is -0.118. The molecule has 108 valence electrons. The van der Waals surface area contributed by atoms with Gasteiger partial charge in [0, 0.05) is 12.5 Å². The van der Waals surface area contributed by atoms with Crippen molar-refractivity contribution in [3.8, 4) is 0 Å². The van der Waals surface area contributed by atoms with Crippen LogP contribution in [0.4, 0.5) is 13.2 Å². The Morgan fingerprint density at radius 2 is 2.26 bits per heavy atom. The summed E-state index contributed by atoms with van der Waals surface area (Å²) in [4.78, 5) is 3.18. The summed E-state index contributed by atoms with van der Waals surface area (Å²) in [5, 5.41) is 22.2. The van der Waals surface area contributed by atoms with Gasteiger partial charge in [-0.2, -0.15) is 13.2 Å². The van der Waals surface area contributed by atoms with Gasteiger partial charge in [-0.3, -0.25) is 0 Å². The molecule has 1 rings (SSSR count). The normalized spacial score (nSPS) is 24.8. The van der Waals surface area contributed by atoms with E-state index in [0.29, 0.717) is 6.42 Å². The lowest BCUT2D eigenvalue weighted by Crippen LogP contribution is -2.54. The maximum Gasteiger partial charge on any atom is 0.408 e. The van der Waals surface area contributed by atoms with Crippen molar-refractivity contribution in [2.45, 2.75) is 25.2 Å². The molecule has 0 fully saturated rings. The number of alkyl halides is 3. The predicted molar refractivity (Wildman–Crippen MR) is 62.6 cm³/mol. The van der Waals surface area contributed by atoms with Gasteiger partial charge in [-0.1, -0.05) is 6.92 Å². The summed E-state index contributed by atoms with van der Waals surface area (Å²) < 4.78 is 36.0. The van der Waals surface area contributed by atoms with Crippen molar-refractivity contribution in [2.75, 3.05) is 13.2 Å². The standard InChI is InChI=1S/C9H15F3N6O/c1-6(2-3-19)8(4-15-18-17-8)16-7(13)14-5-9(10,11)12/h4,6,19H,2-3,5H2,1H3,(H3,13,14,16). The number of aliphatic imine (C=N–C) groups is 1. The van der Waals surface area contributed by atoms with Crippen molar-refractivity contribution in [3.63, 3.8) is 0 Å². The monoisotopic (exact) mass is 280 g/mol. The molecule has 0 aromatic carbocycles. The number of aliphatic hydroxyl groups is 1. The molecule has 0 aromatic heterocycles. The summed E-state index contributed by atoms with van der Waals surface area (Å²) in [5.74, 6) is -0.679. The van der Waals surface area contributed by atoms with Crippen molar-refractivity contribution in [1.29, 1.82) is 0 Å². The zero-order chi connectivity index (χ0) is 14.5. The van der Waals surface area contributed by atoms with Crippen LogP contribution in [0.2, 0.25) is 0 Å². The van der Waals surface area contributed by atoms with Crippen LogP contribution in [0.5, 0.6) is 0 Å². The number of aliphatic hydroxyl groups excluding tert-OH is 1. The van der Waals surface area contributed by atoms with Gasteiger partial charge < -0.3 is 16.2 Å². The fraction of sp³-hybridized carbons (Fsp3) is 0.778. The second-order valence-corrected chi connectivity index (χ2v) is 4.11. The largest absolute Gasteiger partial charge is 0.408 e. The minimum absolute atomic E-state index is 0.104. The van der Waals surface area contributed by atoms with E-state index in [1.165, 1.54) is 6.21 Å². The number of nitrogens with one attached hydrogen (secondary N) is 1. The molecule has 2 unspecified atom stereocenters. The van der Waals surface area contributed by atoms with Crippen molar-refractivity contribution in [1.82, 2.24) is 5.32 Å². The first-order chi connectivity index (χ1) is 8.79. The van der Waals surface area contributed by atoms with Crippen LogP contribution >= 0.6 is 0 Å². The van der Waals surface area contributed by atoms with Gasteiger partial charge in [-0.25, -0.2) is 4.99 Å². The molecule has 0 saturated heterocycles. The molecule has 0 radical (unpaired) electrons. The number of guanidine groups is 1. The zero-order valence-electron chi connectivity index (χ0n) is 10.2. The van der Waals surface area contributed by atoms with Crippen LogP contribution in [0.1, 0.15) is 13.3 Å². The highest BCUT2D eigenvalue weighted by atomic mass is 19.4. The van der Waals surface area contributed by atoms with Crippen molar-refractivity contribution in [3.05, 3.63) is 0 Å². The number of hydrogen-bond donors (Lipinski definition) is 3. The molecule has 1 heterocycles. The van der Waals surface area contributed by atoms with Crippen LogP contribution in [0.3, 0.4) is 0 Å². The third-order valence-corrected chi connectivity index (χ3v) is 2.59. The van der Waals surface area contributed by atoms with Crippen molar-refractivity contribution in [2.24, 2.45) is 32.1 Å². The molecule has 0 aromatic rings. The van der Waals surface area contributed by atoms with Gasteiger partial charge in [-0.15, -0.1) is 10.2 Å². The first-order valence-corrected chi connectivity index (χ1v) is 5.51. The maximum absolute atomic E-state index is 12.0. The number of nitrogens with two attached hydrogens (primary N) is 1. The second-order valence-electron chi connectivity index (χ2n) is 4.11. The number of halogens is 3. The molecular formula is C9H15F3N6O. The topological polar surface area (TPSA) is 108 Å². The predicted octanol–water partition coefficient (Wildman–Crippen LogP) is 0.619. The van der Waals surface area contributed by atoms with Crippen molar-refractivity contribution < 1.29 is 18.3 Å². The maximum atomic E-state index is 12.0. The molecule has 1 aliphatic rings. The van der Waals surface area contributed by atoms with E-state index in [1.54, 1.807) is 6.92 Å². The SMILES string of the molecule is CC(CCO)C1(NC(N)=NCC(F)(F)F)C=NN=N1. The Morgan fingerprint density at radius 1 is 1.58 bits per heavy atom. The van der Waals surface area contributed by atoms with Crippen LogP contribution < -0.4 is 11.1 Å². The number of nitrogens with zero attached hydrogens (tertiary/aromatic N) is 4. The lowest BCUT2D eigenvalue weighted by Gasteiger charge is -2.29. The van der Waals surface area contributed by atoms with Gasteiger partial charge in [0.25, 0.3) is 0 Å². The number of hydrogen-bond acceptors (Lipinski definition) is 5. The molecule has 19 heavy (non-hydrogen) atoms. The summed E-state index contributed by atoms with van der Waals surface area (Å²) in [7, 11) is 0. The van der Waals surface area contributed by atoms with E-state index < -0.39 is 24.3 Å². The Balaban J connectivity index is 2.75. The molecule has 4 N–H and O–H groups in total. The Kier molecular flexibility index (Phi) is 4.81. The molecule has 2 atom stereocenters. The molecule has 0 aliphatic carbocycles. The zero-order valence-corrected chi connectivity index (χ0v) is 10.2. The molecule has 7 nitrogen and oxygen atoms in total. The highest BCUT2D eigenvalue weighted by molar-refractivity contribution is 5.84. The average molecular weight is 280 g/mol. The minimum atomic E-state index is -4.43. The van der Waals surface area contributed by atoms with Crippen LogP contribution in [-0.4, -0.2) is 42.3 Å². The highest BCUT2D eigenvalue weighted by Gasteiger charge is 2.38. The number of rotatable bonds is 5. The molecule has 0 amide bonds. The van der Waals surface area contributed by atoms with Crippen LogP contribution in [0.15, 0.2) is 20.4 Å². The smallest absolute Gasteiger partial charge is 0.396 e. The summed E-state index contributed by atoms with van der Waals surface area (Å²) in [6, 6.07) is 0. The van der Waals surface area contributed by atoms with E-state index in [-0.39, 0.29) is 12.5 Å². The fourth-order valence-electron chi connectivity index (χ4n) is 1.48. The molecule has 10 heteroatoms. The highest BCUT2D eigenvalue weighted by Crippen LogP contribution is 2.24. The van der Waals surface area contributed by atoms with Crippen LogP contribution in [0.25, 0.3) is 0 Å². The summed E-state index contributed by atoms with van der Waals surface area (Å²) >= 11 is 0. The summed E-state index contributed by atoms with van der Waals surface area (Å²) in [6.07, 6.45) is -2.75. The second kappa shape index (κ2) is 5.95. The van der Waals surface area contributed by atoms with E-state index in [9.17, 15) is 13.2 Å². The average Bonchev–Trinajstić information content (AvgIpc) is 2.76. The van der Waals surface area contributed by atoms with E-state index in [2.05, 4.69) is 25.7 Å². The third kappa shape index (κ3) is 4.47. The van der Waals surface area contributed by atoms with E-state index >= 15 is 0 Å². The molecule has 0 bridgehead atoms. The minimum Gasteiger partial charge on any atom is -0.396 e. The quantitative estimate of drug-likeness (QED) is 0.507. The van der Waals surface area contributed by atoms with Gasteiger partial charge in [0.15, 0.2) is 11.6 Å². The Morgan fingerprint density at radius 3 is 2.74 bits per heavy atom. The summed E-state index contributed by atoms with van der Waals surface area (Å²) in [5.41, 5.74) is 4.23. The summed E-state index contributed by atoms with van der Waals surface area (Å²) in [6.45, 7) is 0.245. The first-order valence-electron chi connectivity index (χ1n) is 5.51. The van der Waals surface area contributed by atoms with Crippen LogP contribution in [0, 0.1) is 5.92 Å². The Hall–Kier alpha value is -1.71. The molecular weight excluding hydrogens is 265 g/mol. The van der Waals surface area contributed by atoms with Gasteiger partial charge in [0.1, 0.15) is 6.54 Å². The van der Waals surface area contributed by atoms with Gasteiger partial charge >= 0.3 is 6.18 Å². The molecule has 1 aliphatic heterocycles. The van der Waals surface area contributed by atoms with Gasteiger partial charge in [0.05, 0.1) is 6.21 Å². The van der Waals surface area contributed by atoms with Gasteiger partial charge in [-0.05, 0) is 11.6 Å². The van der Waals surface area contributed by atoms with Gasteiger partial charge in [0.2, 0.25) is 0 Å². The Bertz CT molecular complexity index is 380. The van der Waals surface area contributed by atoms with E-state index in [1.807, 2.05) is 0 Å². The van der Waals surface area contributed by atoms with Crippen molar-refractivity contribution >= 4 is 12.2 Å². The van der Waals surface area contributed by atoms with E-state index in [0.717, 1.165) is 0 Å². The molecule has 0 saturated carbocycles. The first kappa shape index (κ1) is 15.3. The lowest BCUT2D eigenvalue weighted by atomic mass is 9.93. The fourth-order valence-corrected chi connectivity index (χ4v) is 1.48. The molecule has 0 spiro atoms. The van der Waals surface area contributed by atoms with Crippen LogP contribution in [-0.2, 0) is 0 Å². The third-order valence-electron chi connectivity index (χ3n) is 2.59.